The molecule has 9 nitrogen and oxygen atoms in total. The van der Waals surface area contributed by atoms with Gasteiger partial charge in [0, 0.05) is 47.5 Å². The summed E-state index contributed by atoms with van der Waals surface area (Å²) >= 11 is 0. The molecule has 0 aliphatic carbocycles. The van der Waals surface area contributed by atoms with Gasteiger partial charge in [-0.2, -0.15) is 5.10 Å². The van der Waals surface area contributed by atoms with Crippen molar-refractivity contribution in [3.05, 3.63) is 72.6 Å². The molecule has 0 bridgehead atoms. The highest BCUT2D eigenvalue weighted by Crippen LogP contribution is 2.36. The van der Waals surface area contributed by atoms with E-state index < -0.39 is 10.0 Å². The van der Waals surface area contributed by atoms with E-state index in [0.29, 0.717) is 41.3 Å². The zero-order valence-corrected chi connectivity index (χ0v) is 20.1. The molecule has 1 aliphatic heterocycles. The molecule has 5 heterocycles. The Morgan fingerprint density at radius 2 is 1.89 bits per heavy atom. The van der Waals surface area contributed by atoms with Crippen LogP contribution in [0.4, 0.5) is 0 Å². The quantitative estimate of drug-likeness (QED) is 0.361. The molecule has 1 atom stereocenters. The highest BCUT2D eigenvalue weighted by atomic mass is 32.2. The molecule has 35 heavy (non-hydrogen) atoms. The molecule has 178 valence electrons. The Labute approximate surface area is 202 Å². The summed E-state index contributed by atoms with van der Waals surface area (Å²) in [4.78, 5) is 4.91. The summed E-state index contributed by atoms with van der Waals surface area (Å²) in [6, 6.07) is 10.4. The van der Waals surface area contributed by atoms with E-state index in [4.69, 9.17) is 14.2 Å². The molecule has 1 fully saturated rings. The van der Waals surface area contributed by atoms with Gasteiger partial charge < -0.3 is 9.26 Å². The van der Waals surface area contributed by atoms with Crippen molar-refractivity contribution >= 4 is 21.1 Å². The number of ether oxygens (including phenoxy) is 1. The molecule has 1 saturated heterocycles. The lowest BCUT2D eigenvalue weighted by Crippen LogP contribution is -2.11. The van der Waals surface area contributed by atoms with Gasteiger partial charge in [0.1, 0.15) is 5.76 Å². The van der Waals surface area contributed by atoms with Crippen LogP contribution in [-0.2, 0) is 14.8 Å². The lowest BCUT2D eigenvalue weighted by molar-refractivity contribution is 0.184. The third-order valence-electron chi connectivity index (χ3n) is 6.42. The van der Waals surface area contributed by atoms with Crippen LogP contribution in [0.5, 0.6) is 0 Å². The van der Waals surface area contributed by atoms with Gasteiger partial charge in [-0.1, -0.05) is 23.4 Å². The van der Waals surface area contributed by atoms with E-state index in [-0.39, 0.29) is 10.9 Å². The molecule has 0 amide bonds. The number of rotatable bonds is 5. The van der Waals surface area contributed by atoms with Crippen molar-refractivity contribution in [3.63, 3.8) is 0 Å². The van der Waals surface area contributed by atoms with Gasteiger partial charge in [0.05, 0.1) is 40.5 Å². The lowest BCUT2D eigenvalue weighted by Gasteiger charge is -2.08. The molecular formula is C25H23N5O4S. The summed E-state index contributed by atoms with van der Waals surface area (Å²) in [5, 5.41) is 8.56. The highest BCUT2D eigenvalue weighted by molar-refractivity contribution is 7.90. The first kappa shape index (κ1) is 21.8. The molecule has 1 unspecified atom stereocenters. The van der Waals surface area contributed by atoms with E-state index >= 15 is 0 Å². The van der Waals surface area contributed by atoms with Crippen molar-refractivity contribution in [2.75, 3.05) is 13.2 Å². The van der Waals surface area contributed by atoms with Crippen LogP contribution < -0.4 is 0 Å². The van der Waals surface area contributed by atoms with Gasteiger partial charge in [0.2, 0.25) is 0 Å². The molecule has 0 spiro atoms. The maximum Gasteiger partial charge on any atom is 0.268 e. The van der Waals surface area contributed by atoms with E-state index in [1.165, 1.54) is 3.97 Å². The molecule has 10 heteroatoms. The number of benzene rings is 1. The van der Waals surface area contributed by atoms with Crippen molar-refractivity contribution in [1.82, 2.24) is 23.9 Å². The number of hydrogen-bond donors (Lipinski definition) is 0. The molecule has 0 N–H and O–H groups in total. The van der Waals surface area contributed by atoms with Crippen LogP contribution in [-0.4, -0.2) is 45.5 Å². The Morgan fingerprint density at radius 3 is 2.60 bits per heavy atom. The molecule has 4 aromatic heterocycles. The number of nitrogens with zero attached hydrogens (tertiary/aromatic N) is 5. The van der Waals surface area contributed by atoms with Crippen LogP contribution >= 0.6 is 0 Å². The predicted octanol–water partition coefficient (Wildman–Crippen LogP) is 4.37. The second-order valence-corrected chi connectivity index (χ2v) is 10.5. The topological polar surface area (TPSA) is 105 Å². The average molecular weight is 490 g/mol. The van der Waals surface area contributed by atoms with Crippen LogP contribution in [0.3, 0.4) is 0 Å². The minimum absolute atomic E-state index is 0.171. The molecule has 1 aliphatic rings. The highest BCUT2D eigenvalue weighted by Gasteiger charge is 2.25. The molecule has 1 aromatic carbocycles. The normalized spacial score (nSPS) is 16.3. The third-order valence-corrected chi connectivity index (χ3v) is 8.11. The summed E-state index contributed by atoms with van der Waals surface area (Å²) in [7, 11) is -3.88. The average Bonchev–Trinajstić information content (AvgIpc) is 3.65. The fourth-order valence-electron chi connectivity index (χ4n) is 4.63. The molecule has 5 aromatic rings. The van der Waals surface area contributed by atoms with Gasteiger partial charge in [-0.15, -0.1) is 0 Å². The van der Waals surface area contributed by atoms with E-state index in [2.05, 4.69) is 10.3 Å². The van der Waals surface area contributed by atoms with Crippen LogP contribution in [0.25, 0.3) is 33.3 Å². The first-order valence-corrected chi connectivity index (χ1v) is 12.7. The van der Waals surface area contributed by atoms with Crippen LogP contribution in [0.1, 0.15) is 23.9 Å². The molecular weight excluding hydrogens is 466 g/mol. The largest absolute Gasteiger partial charge is 0.379 e. The van der Waals surface area contributed by atoms with Gasteiger partial charge in [0.15, 0.2) is 0 Å². The van der Waals surface area contributed by atoms with Gasteiger partial charge >= 0.3 is 0 Å². The van der Waals surface area contributed by atoms with E-state index in [9.17, 15) is 8.42 Å². The first-order valence-electron chi connectivity index (χ1n) is 11.3. The molecule has 0 radical (unpaired) electrons. The maximum atomic E-state index is 13.7. The summed E-state index contributed by atoms with van der Waals surface area (Å²) in [5.41, 5.74) is 4.78. The first-order chi connectivity index (χ1) is 16.9. The Morgan fingerprint density at radius 1 is 1.06 bits per heavy atom. The Hall–Kier alpha value is -3.76. The fraction of sp³-hybridized carbons (Fsp3) is 0.240. The monoisotopic (exact) mass is 489 g/mol. The summed E-state index contributed by atoms with van der Waals surface area (Å²) in [6.45, 7) is 5.00. The minimum atomic E-state index is -3.88. The SMILES string of the molecule is Cc1noc(C)c1-c1cnc2c(-c3cnn(C4CCOC4)c3)cn(S(=O)(=O)c3ccccc3)c2c1. The Balaban J connectivity index is 1.57. The van der Waals surface area contributed by atoms with Gasteiger partial charge in [-0.3, -0.25) is 9.67 Å². The smallest absolute Gasteiger partial charge is 0.268 e. The number of aromatic nitrogens is 5. The maximum absolute atomic E-state index is 13.7. The third kappa shape index (κ3) is 3.57. The molecule has 6 rings (SSSR count). The van der Waals surface area contributed by atoms with E-state index in [0.717, 1.165) is 23.1 Å². The number of aryl methyl sites for hydroxylation is 2. The number of hydrogen-bond acceptors (Lipinski definition) is 7. The fourth-order valence-corrected chi connectivity index (χ4v) is 6.00. The van der Waals surface area contributed by atoms with Crippen LogP contribution in [0.15, 0.2) is 70.6 Å². The Bertz CT molecular complexity index is 1620. The molecule has 0 saturated carbocycles. The van der Waals surface area contributed by atoms with E-state index in [1.807, 2.05) is 30.8 Å². The van der Waals surface area contributed by atoms with Crippen molar-refractivity contribution < 1.29 is 17.7 Å². The minimum Gasteiger partial charge on any atom is -0.379 e. The van der Waals surface area contributed by atoms with Gasteiger partial charge in [-0.25, -0.2) is 12.4 Å². The number of fused-ring (bicyclic) bond motifs is 1. The predicted molar refractivity (Wildman–Crippen MR) is 129 cm³/mol. The van der Waals surface area contributed by atoms with Crippen LogP contribution in [0, 0.1) is 13.8 Å². The van der Waals surface area contributed by atoms with Gasteiger partial charge in [-0.05, 0) is 38.5 Å². The summed E-state index contributed by atoms with van der Waals surface area (Å²) in [5.74, 6) is 0.646. The standard InChI is InChI=1S/C25H23N5O4S/c1-16-24(17(2)34-28-16)18-10-23-25(26-11-18)22(19-12-27-29(13-19)20-8-9-33-15-20)14-30(23)35(31,32)21-6-4-3-5-7-21/h3-7,10-14,20H,8-9,15H2,1-2H3. The van der Waals surface area contributed by atoms with Gasteiger partial charge in [0.25, 0.3) is 10.0 Å². The van der Waals surface area contributed by atoms with E-state index in [1.54, 1.807) is 48.9 Å². The van der Waals surface area contributed by atoms with Crippen LogP contribution in [0.2, 0.25) is 0 Å². The van der Waals surface area contributed by atoms with Crippen molar-refractivity contribution in [1.29, 1.82) is 0 Å². The second-order valence-electron chi connectivity index (χ2n) is 8.67. The number of pyridine rings is 1. The van der Waals surface area contributed by atoms with Crippen molar-refractivity contribution in [2.45, 2.75) is 31.2 Å². The Kier molecular flexibility index (Phi) is 5.08. The van der Waals surface area contributed by atoms with Crippen molar-refractivity contribution in [3.8, 4) is 22.3 Å². The second kappa shape index (κ2) is 8.17. The zero-order valence-electron chi connectivity index (χ0n) is 19.2. The van der Waals surface area contributed by atoms with Crippen molar-refractivity contribution in [2.24, 2.45) is 0 Å². The summed E-state index contributed by atoms with van der Waals surface area (Å²) in [6.07, 6.45) is 7.93. The zero-order chi connectivity index (χ0) is 24.2. The summed E-state index contributed by atoms with van der Waals surface area (Å²) < 4.78 is 41.4. The lowest BCUT2D eigenvalue weighted by atomic mass is 10.1.